The van der Waals surface area contributed by atoms with E-state index in [-0.39, 0.29) is 5.82 Å². The first-order valence-corrected chi connectivity index (χ1v) is 5.74. The molecule has 0 spiro atoms. The Balaban J connectivity index is 2.23. The van der Waals surface area contributed by atoms with Crippen LogP contribution in [0.1, 0.15) is 17.5 Å². The fourth-order valence-corrected chi connectivity index (χ4v) is 2.30. The van der Waals surface area contributed by atoms with Crippen LogP contribution in [0.4, 0.5) is 4.39 Å². The summed E-state index contributed by atoms with van der Waals surface area (Å²) in [4.78, 5) is 0. The molecule has 1 atom stereocenters. The van der Waals surface area contributed by atoms with Gasteiger partial charge in [0.05, 0.1) is 7.11 Å². The van der Waals surface area contributed by atoms with E-state index in [0.29, 0.717) is 11.7 Å². The molecule has 2 nitrogen and oxygen atoms in total. The molecule has 1 unspecified atom stereocenters. The number of halogens is 1. The number of hydrogen-bond donors (Lipinski definition) is 1. The minimum absolute atomic E-state index is 0.135. The van der Waals surface area contributed by atoms with Crippen LogP contribution < -0.4 is 10.1 Å². The molecule has 0 aromatic heterocycles. The molecule has 1 aliphatic heterocycles. The lowest BCUT2D eigenvalue weighted by atomic mass is 9.96. The van der Waals surface area contributed by atoms with Crippen molar-refractivity contribution < 1.29 is 9.13 Å². The predicted molar refractivity (Wildman–Crippen MR) is 62.4 cm³/mol. The molecule has 0 bridgehead atoms. The second-order valence-electron chi connectivity index (χ2n) is 4.49. The smallest absolute Gasteiger partial charge is 0.130 e. The van der Waals surface area contributed by atoms with Crippen molar-refractivity contribution in [2.75, 3.05) is 20.2 Å². The number of hydrogen-bond acceptors (Lipinski definition) is 2. The first kappa shape index (κ1) is 11.4. The number of methoxy groups -OCH3 is 1. The highest BCUT2D eigenvalue weighted by Gasteiger charge is 2.19. The van der Waals surface area contributed by atoms with Gasteiger partial charge >= 0.3 is 0 Å². The second kappa shape index (κ2) is 4.83. The summed E-state index contributed by atoms with van der Waals surface area (Å²) in [5.41, 5.74) is 1.63. The third kappa shape index (κ3) is 2.35. The first-order chi connectivity index (χ1) is 7.70. The standard InChI is InChI=1S/C13H18FNO/c1-9-5-12(14)11(13(6-9)16-2)7-10-3-4-15-8-10/h5-6,10,15H,3-4,7-8H2,1-2H3. The van der Waals surface area contributed by atoms with Gasteiger partial charge in [-0.3, -0.25) is 0 Å². The van der Waals surface area contributed by atoms with Crippen molar-refractivity contribution in [3.05, 3.63) is 29.1 Å². The van der Waals surface area contributed by atoms with Crippen LogP contribution >= 0.6 is 0 Å². The molecule has 1 aliphatic rings. The topological polar surface area (TPSA) is 21.3 Å². The van der Waals surface area contributed by atoms with Crippen molar-refractivity contribution in [3.8, 4) is 5.75 Å². The third-order valence-corrected chi connectivity index (χ3v) is 3.17. The zero-order valence-electron chi connectivity index (χ0n) is 9.85. The van der Waals surface area contributed by atoms with E-state index >= 15 is 0 Å². The molecule has 0 aliphatic carbocycles. The van der Waals surface area contributed by atoms with Crippen LogP contribution in [0.15, 0.2) is 12.1 Å². The minimum Gasteiger partial charge on any atom is -0.496 e. The Bertz CT molecular complexity index is 372. The van der Waals surface area contributed by atoms with Gasteiger partial charge in [0.15, 0.2) is 0 Å². The van der Waals surface area contributed by atoms with Gasteiger partial charge in [-0.2, -0.15) is 0 Å². The van der Waals surface area contributed by atoms with Gasteiger partial charge in [-0.05, 0) is 56.5 Å². The zero-order valence-corrected chi connectivity index (χ0v) is 9.85. The van der Waals surface area contributed by atoms with Gasteiger partial charge in [-0.25, -0.2) is 4.39 Å². The Morgan fingerprint density at radius 2 is 2.31 bits per heavy atom. The highest BCUT2D eigenvalue weighted by atomic mass is 19.1. The normalized spacial score (nSPS) is 20.1. The highest BCUT2D eigenvalue weighted by Crippen LogP contribution is 2.27. The first-order valence-electron chi connectivity index (χ1n) is 5.74. The van der Waals surface area contributed by atoms with Gasteiger partial charge in [0.25, 0.3) is 0 Å². The Morgan fingerprint density at radius 3 is 2.94 bits per heavy atom. The zero-order chi connectivity index (χ0) is 11.5. The fraction of sp³-hybridized carbons (Fsp3) is 0.538. The second-order valence-corrected chi connectivity index (χ2v) is 4.49. The Morgan fingerprint density at radius 1 is 1.50 bits per heavy atom. The number of nitrogens with one attached hydrogen (secondary N) is 1. The quantitative estimate of drug-likeness (QED) is 0.849. The molecule has 3 heteroatoms. The van der Waals surface area contributed by atoms with Crippen LogP contribution in [0, 0.1) is 18.7 Å². The number of benzene rings is 1. The number of aryl methyl sites for hydroxylation is 1. The Kier molecular flexibility index (Phi) is 3.44. The molecule has 1 saturated heterocycles. The third-order valence-electron chi connectivity index (χ3n) is 3.17. The fourth-order valence-electron chi connectivity index (χ4n) is 2.30. The summed E-state index contributed by atoms with van der Waals surface area (Å²) in [7, 11) is 1.60. The van der Waals surface area contributed by atoms with E-state index in [2.05, 4.69) is 5.32 Å². The summed E-state index contributed by atoms with van der Waals surface area (Å²) in [5, 5.41) is 3.30. The largest absolute Gasteiger partial charge is 0.496 e. The summed E-state index contributed by atoms with van der Waals surface area (Å²) in [6, 6.07) is 3.49. The molecular weight excluding hydrogens is 205 g/mol. The molecule has 1 heterocycles. The van der Waals surface area contributed by atoms with Crippen molar-refractivity contribution in [1.29, 1.82) is 0 Å². The highest BCUT2D eigenvalue weighted by molar-refractivity contribution is 5.38. The van der Waals surface area contributed by atoms with E-state index < -0.39 is 0 Å². The van der Waals surface area contributed by atoms with Crippen molar-refractivity contribution in [2.24, 2.45) is 5.92 Å². The van der Waals surface area contributed by atoms with E-state index in [9.17, 15) is 4.39 Å². The van der Waals surface area contributed by atoms with Crippen LogP contribution in [0.3, 0.4) is 0 Å². The predicted octanol–water partition coefficient (Wildman–Crippen LogP) is 2.29. The van der Waals surface area contributed by atoms with Crippen LogP contribution in [-0.2, 0) is 6.42 Å². The Hall–Kier alpha value is -1.09. The summed E-state index contributed by atoms with van der Waals surface area (Å²) >= 11 is 0. The average molecular weight is 223 g/mol. The monoisotopic (exact) mass is 223 g/mol. The van der Waals surface area contributed by atoms with Crippen molar-refractivity contribution in [3.63, 3.8) is 0 Å². The number of rotatable bonds is 3. The molecule has 0 saturated carbocycles. The molecule has 1 N–H and O–H groups in total. The van der Waals surface area contributed by atoms with Crippen molar-refractivity contribution in [2.45, 2.75) is 19.8 Å². The van der Waals surface area contributed by atoms with Crippen LogP contribution in [0.5, 0.6) is 5.75 Å². The maximum Gasteiger partial charge on any atom is 0.130 e. The summed E-state index contributed by atoms with van der Waals surface area (Å²) in [6.45, 7) is 3.91. The lowest BCUT2D eigenvalue weighted by molar-refractivity contribution is 0.398. The van der Waals surface area contributed by atoms with Gasteiger partial charge in [-0.1, -0.05) is 0 Å². The Labute approximate surface area is 95.8 Å². The van der Waals surface area contributed by atoms with E-state index in [1.165, 1.54) is 0 Å². The van der Waals surface area contributed by atoms with Gasteiger partial charge in [0, 0.05) is 5.56 Å². The molecule has 0 radical (unpaired) electrons. The lowest BCUT2D eigenvalue weighted by Crippen LogP contribution is -2.12. The van der Waals surface area contributed by atoms with Gasteiger partial charge < -0.3 is 10.1 Å². The van der Waals surface area contributed by atoms with E-state index in [1.807, 2.05) is 13.0 Å². The molecule has 1 aromatic rings. The molecule has 1 aromatic carbocycles. The van der Waals surface area contributed by atoms with Gasteiger partial charge in [0.2, 0.25) is 0 Å². The summed E-state index contributed by atoms with van der Waals surface area (Å²) in [6.07, 6.45) is 1.89. The average Bonchev–Trinajstić information content (AvgIpc) is 2.74. The van der Waals surface area contributed by atoms with E-state index in [1.54, 1.807) is 13.2 Å². The van der Waals surface area contributed by atoms with E-state index in [0.717, 1.165) is 37.1 Å². The van der Waals surface area contributed by atoms with E-state index in [4.69, 9.17) is 4.74 Å². The molecule has 0 amide bonds. The van der Waals surface area contributed by atoms with Crippen LogP contribution in [0.2, 0.25) is 0 Å². The minimum atomic E-state index is -0.135. The van der Waals surface area contributed by atoms with Crippen LogP contribution in [0.25, 0.3) is 0 Å². The molecule has 1 fully saturated rings. The molecule has 2 rings (SSSR count). The van der Waals surface area contributed by atoms with Crippen LogP contribution in [-0.4, -0.2) is 20.2 Å². The molecule has 16 heavy (non-hydrogen) atoms. The lowest BCUT2D eigenvalue weighted by Gasteiger charge is -2.14. The summed E-state index contributed by atoms with van der Waals surface area (Å²) in [5.74, 6) is 1.08. The molecule has 88 valence electrons. The molecular formula is C13H18FNO. The van der Waals surface area contributed by atoms with Crippen molar-refractivity contribution in [1.82, 2.24) is 5.32 Å². The number of ether oxygens (including phenoxy) is 1. The van der Waals surface area contributed by atoms with Gasteiger partial charge in [0.1, 0.15) is 11.6 Å². The SMILES string of the molecule is COc1cc(C)cc(F)c1CC1CCNC1. The maximum absolute atomic E-state index is 13.9. The maximum atomic E-state index is 13.9. The van der Waals surface area contributed by atoms with Crippen molar-refractivity contribution >= 4 is 0 Å². The summed E-state index contributed by atoms with van der Waals surface area (Å²) < 4.78 is 19.1. The van der Waals surface area contributed by atoms with Gasteiger partial charge in [-0.15, -0.1) is 0 Å².